The van der Waals surface area contributed by atoms with Crippen molar-refractivity contribution in [1.82, 2.24) is 9.36 Å². The van der Waals surface area contributed by atoms with E-state index < -0.39 is 36.3 Å². The van der Waals surface area contributed by atoms with Gasteiger partial charge in [0.05, 0.1) is 29.7 Å². The topological polar surface area (TPSA) is 135 Å². The fourth-order valence-electron chi connectivity index (χ4n) is 4.44. The van der Waals surface area contributed by atoms with Crippen LogP contribution in [0.15, 0.2) is 35.1 Å². The molecule has 0 saturated carbocycles. The molecule has 198 valence electrons. The molecule has 0 unspecified atom stereocenters. The van der Waals surface area contributed by atoms with Gasteiger partial charge in [0.1, 0.15) is 18.4 Å². The number of fused-ring (bicyclic) bond motifs is 1. The molecule has 11 nitrogen and oxygen atoms in total. The number of amides is 2. The number of aromatic nitrogens is 2. The first-order chi connectivity index (χ1) is 17.7. The maximum atomic E-state index is 15.1. The molecule has 0 spiro atoms. The van der Waals surface area contributed by atoms with E-state index in [0.29, 0.717) is 16.6 Å². The second kappa shape index (κ2) is 10.6. The van der Waals surface area contributed by atoms with Crippen molar-refractivity contribution in [3.05, 3.63) is 52.3 Å². The number of anilines is 3. The molecule has 1 aliphatic heterocycles. The van der Waals surface area contributed by atoms with Crippen molar-refractivity contribution in [3.63, 3.8) is 0 Å². The number of ether oxygens (including phenoxy) is 1. The number of nitrogens with one attached hydrogen (secondary N) is 1. The maximum Gasteiger partial charge on any atom is 0.414 e. The number of hydrogen-bond acceptors (Lipinski definition) is 7. The number of halogens is 2. The molecule has 1 fully saturated rings. The summed E-state index contributed by atoms with van der Waals surface area (Å²) < 4.78 is 38.4. The molecule has 2 heterocycles. The second-order valence-corrected chi connectivity index (χ2v) is 8.58. The second-order valence-electron chi connectivity index (χ2n) is 8.58. The van der Waals surface area contributed by atoms with E-state index in [1.807, 2.05) is 0 Å². The first-order valence-electron chi connectivity index (χ1n) is 11.7. The Labute approximate surface area is 210 Å². The first kappa shape index (κ1) is 26.1. The van der Waals surface area contributed by atoms with Gasteiger partial charge in [-0.15, -0.1) is 0 Å². The van der Waals surface area contributed by atoms with Crippen molar-refractivity contribution >= 4 is 40.0 Å². The predicted molar refractivity (Wildman–Crippen MR) is 134 cm³/mol. The van der Waals surface area contributed by atoms with E-state index in [4.69, 9.17) is 15.6 Å². The van der Waals surface area contributed by atoms with Gasteiger partial charge >= 0.3 is 6.09 Å². The molecule has 4 rings (SSSR count). The summed E-state index contributed by atoms with van der Waals surface area (Å²) in [5.41, 5.74) is 5.95. The molecule has 4 N–H and O–H groups in total. The van der Waals surface area contributed by atoms with Crippen molar-refractivity contribution in [3.8, 4) is 0 Å². The lowest BCUT2D eigenvalue weighted by Crippen LogP contribution is -2.32. The Balaban J connectivity index is 1.58. The van der Waals surface area contributed by atoms with Crippen LogP contribution in [-0.2, 0) is 23.1 Å². The molecule has 1 saturated heterocycles. The summed E-state index contributed by atoms with van der Waals surface area (Å²) in [6.45, 7) is 1.94. The van der Waals surface area contributed by atoms with Gasteiger partial charge in [-0.2, -0.15) is 0 Å². The summed E-state index contributed by atoms with van der Waals surface area (Å²) in [5, 5.41) is 11.8. The van der Waals surface area contributed by atoms with E-state index >= 15 is 8.78 Å². The highest BCUT2D eigenvalue weighted by Gasteiger charge is 2.33. The van der Waals surface area contributed by atoms with Crippen LogP contribution in [0.1, 0.15) is 6.92 Å². The van der Waals surface area contributed by atoms with Gasteiger partial charge in [-0.1, -0.05) is 0 Å². The number of nitrogens with zero attached hydrogens (tertiary/aromatic N) is 4. The first-order valence-corrected chi connectivity index (χ1v) is 11.7. The number of aliphatic hydroxyl groups excluding tert-OH is 1. The Morgan fingerprint density at radius 3 is 2.54 bits per heavy atom. The number of rotatable bonds is 9. The van der Waals surface area contributed by atoms with Crippen molar-refractivity contribution in [2.75, 3.05) is 47.9 Å². The Hall–Kier alpha value is -3.97. The van der Waals surface area contributed by atoms with E-state index in [1.165, 1.54) is 15.6 Å². The van der Waals surface area contributed by atoms with E-state index in [-0.39, 0.29) is 49.7 Å². The third-order valence-corrected chi connectivity index (χ3v) is 6.32. The Morgan fingerprint density at radius 2 is 1.95 bits per heavy atom. The molecular formula is C24H28F2N6O5. The summed E-state index contributed by atoms with van der Waals surface area (Å²) in [6, 6.07) is 6.93. The SMILES string of the molecule is CCN(CCn1c2ccc(NC(=O)CO)cc2c(=O)n1C)c1c(F)cc(N2C[C@H](CN)OC2=O)cc1F. The van der Waals surface area contributed by atoms with Crippen molar-refractivity contribution in [2.24, 2.45) is 12.8 Å². The summed E-state index contributed by atoms with van der Waals surface area (Å²) in [5.74, 6) is -2.28. The molecule has 3 aromatic rings. The smallest absolute Gasteiger partial charge is 0.414 e. The molecule has 37 heavy (non-hydrogen) atoms. The highest BCUT2D eigenvalue weighted by atomic mass is 19.1. The summed E-state index contributed by atoms with van der Waals surface area (Å²) in [7, 11) is 1.57. The van der Waals surface area contributed by atoms with Crippen molar-refractivity contribution in [1.29, 1.82) is 0 Å². The van der Waals surface area contributed by atoms with Crippen LogP contribution in [0, 0.1) is 11.6 Å². The maximum absolute atomic E-state index is 15.1. The van der Waals surface area contributed by atoms with Gasteiger partial charge in [-0.25, -0.2) is 13.6 Å². The lowest BCUT2D eigenvalue weighted by Gasteiger charge is -2.26. The van der Waals surface area contributed by atoms with Crippen molar-refractivity contribution < 1.29 is 28.2 Å². The number of nitrogens with two attached hydrogens (primary N) is 1. The summed E-state index contributed by atoms with van der Waals surface area (Å²) in [4.78, 5) is 39.0. The van der Waals surface area contributed by atoms with Gasteiger partial charge in [0.2, 0.25) is 5.91 Å². The average Bonchev–Trinajstić information content (AvgIpc) is 3.37. The van der Waals surface area contributed by atoms with Crippen LogP contribution >= 0.6 is 0 Å². The molecule has 1 aliphatic rings. The number of benzene rings is 2. The number of cyclic esters (lactones) is 1. The van der Waals surface area contributed by atoms with Gasteiger partial charge in [0.15, 0.2) is 11.6 Å². The van der Waals surface area contributed by atoms with Gasteiger partial charge in [0, 0.05) is 44.5 Å². The minimum atomic E-state index is -0.837. The minimum Gasteiger partial charge on any atom is -0.443 e. The quantitative estimate of drug-likeness (QED) is 0.389. The summed E-state index contributed by atoms with van der Waals surface area (Å²) >= 11 is 0. The van der Waals surface area contributed by atoms with Crippen LogP contribution in [-0.4, -0.2) is 65.4 Å². The lowest BCUT2D eigenvalue weighted by atomic mass is 10.2. The highest BCUT2D eigenvalue weighted by molar-refractivity contribution is 5.94. The largest absolute Gasteiger partial charge is 0.443 e. The third-order valence-electron chi connectivity index (χ3n) is 6.32. The van der Waals surface area contributed by atoms with Gasteiger partial charge in [0.25, 0.3) is 5.56 Å². The monoisotopic (exact) mass is 518 g/mol. The normalized spacial score (nSPS) is 15.4. The van der Waals surface area contributed by atoms with Gasteiger partial charge in [-0.3, -0.25) is 23.9 Å². The third kappa shape index (κ3) is 5.00. The fraction of sp³-hybridized carbons (Fsp3) is 0.375. The molecule has 2 aromatic carbocycles. The number of carbonyl (C=O) groups excluding carboxylic acids is 2. The standard InChI is InChI=1S/C24H28F2N6O5/c1-3-30(22-18(25)9-15(10-19(22)26)31-12-16(11-27)37-24(31)36)6-7-32-20-5-4-14(28-21(34)13-33)8-17(20)23(35)29(32)2/h4-5,8-10,16,33H,3,6-7,11-13,27H2,1-2H3,(H,28,34)/t16-/m0/s1. The molecule has 2 amide bonds. The van der Waals surface area contributed by atoms with Crippen molar-refractivity contribution in [2.45, 2.75) is 19.6 Å². The Kier molecular flexibility index (Phi) is 7.45. The number of hydrogen-bond donors (Lipinski definition) is 3. The molecule has 0 aliphatic carbocycles. The Bertz CT molecular complexity index is 1380. The molecule has 1 aromatic heterocycles. The molecule has 1 atom stereocenters. The minimum absolute atomic E-state index is 0.0404. The zero-order valence-corrected chi connectivity index (χ0v) is 20.4. The fourth-order valence-corrected chi connectivity index (χ4v) is 4.44. The van der Waals surface area contributed by atoms with Crippen LogP contribution in [0.3, 0.4) is 0 Å². The lowest BCUT2D eigenvalue weighted by molar-refractivity contribution is -0.118. The number of likely N-dealkylation sites (N-methyl/N-ethyl adjacent to an activating group) is 1. The van der Waals surface area contributed by atoms with Crippen LogP contribution in [0.5, 0.6) is 0 Å². The van der Waals surface area contributed by atoms with Gasteiger partial charge < -0.3 is 25.8 Å². The number of aliphatic hydroxyl groups is 1. The zero-order valence-electron chi connectivity index (χ0n) is 20.4. The molecule has 0 radical (unpaired) electrons. The average molecular weight is 519 g/mol. The molecular weight excluding hydrogens is 490 g/mol. The molecule has 13 heteroatoms. The van der Waals surface area contributed by atoms with Crippen LogP contribution in [0.25, 0.3) is 10.9 Å². The van der Waals surface area contributed by atoms with E-state index in [0.717, 1.165) is 17.0 Å². The van der Waals surface area contributed by atoms with Gasteiger partial charge in [-0.05, 0) is 25.1 Å². The summed E-state index contributed by atoms with van der Waals surface area (Å²) in [6.07, 6.45) is -1.26. The van der Waals surface area contributed by atoms with Crippen LogP contribution in [0.4, 0.5) is 30.6 Å². The van der Waals surface area contributed by atoms with Crippen LogP contribution in [0.2, 0.25) is 0 Å². The van der Waals surface area contributed by atoms with E-state index in [1.54, 1.807) is 30.8 Å². The predicted octanol–water partition coefficient (Wildman–Crippen LogP) is 1.36. The highest BCUT2D eigenvalue weighted by Crippen LogP contribution is 2.31. The van der Waals surface area contributed by atoms with Crippen LogP contribution < -0.4 is 26.4 Å². The Morgan fingerprint density at radius 1 is 1.24 bits per heavy atom. The zero-order chi connectivity index (χ0) is 26.9. The van der Waals surface area contributed by atoms with E-state index in [2.05, 4.69) is 5.32 Å². The van der Waals surface area contributed by atoms with E-state index in [9.17, 15) is 14.4 Å². The number of carbonyl (C=O) groups is 2. The molecule has 0 bridgehead atoms.